The number of aryl methyl sites for hydroxylation is 4. The second-order valence-corrected chi connectivity index (χ2v) is 1550. The summed E-state index contributed by atoms with van der Waals surface area (Å²) in [4.78, 5) is 11.3. The van der Waals surface area contributed by atoms with Crippen LogP contribution in [0.3, 0.4) is 0 Å². The predicted molar refractivity (Wildman–Crippen MR) is 1210 cm³/mol. The van der Waals surface area contributed by atoms with Gasteiger partial charge in [0.25, 0.3) is 10.0 Å². The third kappa shape index (κ3) is 72.6. The summed E-state index contributed by atoms with van der Waals surface area (Å²) in [6.45, 7) is 7.47. The van der Waals surface area contributed by atoms with E-state index in [9.17, 15) is 38.5 Å². The van der Waals surface area contributed by atoms with Gasteiger partial charge in [-0.15, -0.1) is 4.40 Å². The molecule has 10 N–H and O–H groups in total. The van der Waals surface area contributed by atoms with Crippen molar-refractivity contribution in [3.8, 4) is 17.2 Å². The summed E-state index contributed by atoms with van der Waals surface area (Å²) in [7, 11) is -22.3. The van der Waals surface area contributed by atoms with Gasteiger partial charge in [-0.05, 0) is 116 Å². The van der Waals surface area contributed by atoms with Gasteiger partial charge in [0, 0.05) is 6.54 Å². The van der Waals surface area contributed by atoms with Crippen LogP contribution in [0.2, 0.25) is 5.02 Å². The first-order valence-electron chi connectivity index (χ1n) is 28.1. The Morgan fingerprint density at radius 1 is 0.393 bits per heavy atom. The number of amidine groups is 1. The van der Waals surface area contributed by atoms with Crippen LogP contribution < -0.4 is 59.2 Å². The third-order valence-electron chi connectivity index (χ3n) is 11.1. The number of sulfonamides is 4. The van der Waals surface area contributed by atoms with Crippen LogP contribution in [0.4, 0.5) is 17.1 Å². The van der Waals surface area contributed by atoms with E-state index in [0.29, 0.717) is 48.4 Å². The quantitative estimate of drug-likeness (QED) is 0.0121. The summed E-state index contributed by atoms with van der Waals surface area (Å²) in [5, 5.41) is 21.0. The number of esters is 1. The molecular weight excluding hydrogens is 9720 g/mol. The number of ether oxygens (including phenoxy) is 4. The molecule has 0 aliphatic carbocycles. The first-order valence-corrected chi connectivity index (χ1v) is 449. The van der Waals surface area contributed by atoms with Crippen molar-refractivity contribution in [1.82, 2.24) is 0 Å². The zero-order chi connectivity index (χ0) is 106. The van der Waals surface area contributed by atoms with E-state index in [1.165, 1.54) is 57.7 Å². The minimum absolute atomic E-state index is 0.0116. The Hall–Kier alpha value is 44.4. The number of carbonyl (C=O) groups excluding carboxylic acids is 1. The summed E-state index contributed by atoms with van der Waals surface area (Å²) in [5.41, 5.74) is 10.4. The van der Waals surface area contributed by atoms with Crippen LogP contribution in [0.25, 0.3) is 0 Å². The fraction of sp³-hybridized carbons (Fsp3) is 0.220. The summed E-state index contributed by atoms with van der Waals surface area (Å²) >= 11 is 120. The molecule has 1 aliphatic heterocycles. The number of benzene rings is 5. The number of hydrogen-bond acceptors (Lipinski definition) is 16. The number of nitrogen functional groups attached to an aromatic ring is 1. The second kappa shape index (κ2) is 98.8. The van der Waals surface area contributed by atoms with Crippen LogP contribution in [-0.2, 0) is 56.2 Å². The first-order chi connectivity index (χ1) is 61.8. The molecule has 135 heavy (non-hydrogen) atoms. The number of hydrogen-bond donors (Lipinski definition) is 6. The van der Waals surface area contributed by atoms with Gasteiger partial charge in [-0.1, -0.05) is 35.9 Å². The predicted octanol–water partition coefficient (Wildman–Crippen LogP) is 61.7. The molecule has 0 unspecified atom stereocenters. The number of nitrogens with two attached hydrogens (primary N) is 4. The molecule has 842 valence electrons. The van der Waals surface area contributed by atoms with E-state index in [1.807, 2.05) is 6.07 Å². The van der Waals surface area contributed by atoms with Gasteiger partial charge in [-0.3, -0.25) is 0 Å². The summed E-state index contributed by atoms with van der Waals surface area (Å²) in [5.74, 6) is 0.390. The van der Waals surface area contributed by atoms with Gasteiger partial charge in [-0.2, -0.15) is 8.42 Å². The Balaban J connectivity index is 0.00000157. The third-order valence-corrected chi connectivity index (χ3v) is 4720. The molecule has 1 aliphatic rings. The topological polar surface area (TPSA) is 331 Å². The van der Waals surface area contributed by atoms with Crippen molar-refractivity contribution in [2.24, 2.45) is 19.8 Å². The number of primary sulfonamides is 3. The molecule has 0 saturated heterocycles. The van der Waals surface area contributed by atoms with Gasteiger partial charge >= 0.3 is 953 Å². The van der Waals surface area contributed by atoms with Crippen molar-refractivity contribution < 1.29 is 70.7 Å². The monoisotopic (exact) mass is 9770 g/mol. The number of methoxy groups -OCH3 is 4. The van der Waals surface area contributed by atoms with Crippen LogP contribution >= 0.6 is 945 Å². The zero-order valence-corrected chi connectivity index (χ0v) is 216. The molecule has 20 nitrogen and oxygen atoms in total. The minimum atomic E-state index is -3.84. The summed E-state index contributed by atoms with van der Waals surface area (Å²) < 4.78 is 115. The number of rotatable bonds is 39. The number of fused-ring (bicyclic) bond motifs is 1. The van der Waals surface area contributed by atoms with Crippen molar-refractivity contribution >= 4 is 1010 Å². The molecule has 0 spiro atoms. The molecule has 94 heteroatoms. The Labute approximate surface area is 1280 Å². The zero-order valence-electron chi connectivity index (χ0n) is 62.9. The van der Waals surface area contributed by atoms with Gasteiger partial charge in [0.2, 0.25) is 41.7 Å². The van der Waals surface area contributed by atoms with E-state index in [2.05, 4.69) is 709 Å². The molecule has 0 radical (unpaired) electrons. The molecule has 0 atom stereocenters. The molecule has 5 aromatic rings. The standard InChI is InChI=1S/C17H22N2O5S.C10H10N2O4S.C7H8ClNO2S.C7H10N2O2S.I24.I23.I22/c1-11-5-6-13(16(7-11)25(18,20)21)19-10-12-8-14(22-2)17(24-4)15(9-12)23-3;1-6-3-4-7-8(5-6)17(14,15)12-9(11-7)10(13)16-2;2*1-5-2-3-6(8)7(4-5)12(9,10)11;1-14(2)16(5)18(7)20(9)22(11)24(13)23(12)21(10)19(8)17(6)15(3)4;1-13-15(4)17(6)19(8)21(10)23(12)22(11)20(9)18(7)16(5)14(2)3;1-13(2)15(5)17(7)19(9)21(11)22(12)20(10)18(8)16(6)14(3)4/h5-9,19H,10H2,1-4H3,(H2,18,20,21);3-5H,1-2H3,(H,11,12);2-4H,1H3,(H2,9,10,11);2-4H,8H2,1H3,(H2,9,10,11);;;/q;;;;;-1;. The maximum atomic E-state index is 11.8. The van der Waals surface area contributed by atoms with Gasteiger partial charge in [-0.25, -0.2) is 45.5 Å². The fourth-order valence-corrected chi connectivity index (χ4v) is 10700. The average Bonchev–Trinajstić information content (AvgIpc) is 0.771. The summed E-state index contributed by atoms with van der Waals surface area (Å²) in [6.07, 6.45) is 0. The summed E-state index contributed by atoms with van der Waals surface area (Å²) in [6, 6.07) is 22.8. The van der Waals surface area contributed by atoms with Gasteiger partial charge in [0.15, 0.2) is 11.5 Å². The molecule has 1 heterocycles. The van der Waals surface area contributed by atoms with E-state index in [1.54, 1.807) is 70.2 Å². The Bertz CT molecular complexity index is 4830. The molecule has 6 rings (SSSR count). The molecular formula is C41H50ClI69N7O13S4-. The SMILES string of the molecule is COC(=O)C1=NS(=O)(=O)c2cc(C)ccc2N1.COc1cc(CNc2ccc(C)cc2S(N)(=O)=O)cc(OC)c1OC.Cc1ccc(Cl)c(S(N)(=O)=O)c1.Cc1ccc(N)c(S(N)(=O)=O)c1.II(I)I(I)I(I)I(I)I(I)I(I)I(I)I(I)I(I)I(I)I.II(I)I(I)I(I)I(I)I(I)I(I)I(I)I(I)I(I)I(I)I(I)I.I[I-]I(I)I(I)I(I)I(I)I(I)I(I)I(I)I(I)I(I)I(I)I. The van der Waals surface area contributed by atoms with E-state index >= 15 is 0 Å². The maximum absolute atomic E-state index is 11.8. The molecule has 0 fully saturated rings. The van der Waals surface area contributed by atoms with Gasteiger partial charge in [0.05, 0.1) is 50.5 Å². The Morgan fingerprint density at radius 3 is 0.941 bits per heavy atom. The van der Waals surface area contributed by atoms with Gasteiger partial charge in [0.1, 0.15) is 19.6 Å². The molecule has 0 saturated carbocycles. The Kier molecular flexibility index (Phi) is 131. The van der Waals surface area contributed by atoms with Crippen LogP contribution in [0, 0.1) is 27.7 Å². The number of carbonyl (C=O) groups is 1. The fourth-order valence-electron chi connectivity index (χ4n) is 6.40. The Morgan fingerprint density at radius 2 is 0.667 bits per heavy atom. The van der Waals surface area contributed by atoms with E-state index < -0.39 is 275 Å². The molecule has 0 bridgehead atoms. The number of anilines is 3. The number of nitrogens with one attached hydrogen (secondary N) is 2. The van der Waals surface area contributed by atoms with Gasteiger partial charge < -0.3 is 35.3 Å². The van der Waals surface area contributed by atoms with Crippen molar-refractivity contribution in [3.63, 3.8) is 0 Å². The first kappa shape index (κ1) is 179. The second-order valence-electron chi connectivity index (χ2n) is 19.1. The number of halogens is 70. The average molecular weight is 9770 g/mol. The van der Waals surface area contributed by atoms with E-state index in [4.69, 9.17) is 47.0 Å². The van der Waals surface area contributed by atoms with Crippen LogP contribution in [0.15, 0.2) is 109 Å². The van der Waals surface area contributed by atoms with E-state index in [-0.39, 0.29) is 51.9 Å². The normalized spacial score (nSPS) is 15.4. The van der Waals surface area contributed by atoms with Crippen LogP contribution in [0.5, 0.6) is 17.2 Å². The van der Waals surface area contributed by atoms with Crippen LogP contribution in [-0.4, -0.2) is 73.9 Å². The van der Waals surface area contributed by atoms with Crippen molar-refractivity contribution in [2.75, 3.05) is 44.8 Å². The molecule has 5 aromatic carbocycles. The molecule has 0 aromatic heterocycles. The van der Waals surface area contributed by atoms with E-state index in [0.717, 1.165) is 34.9 Å². The van der Waals surface area contributed by atoms with Crippen molar-refractivity contribution in [2.45, 2.75) is 53.8 Å². The molecule has 0 amide bonds. The van der Waals surface area contributed by atoms with Crippen molar-refractivity contribution in [3.05, 3.63) is 118 Å². The number of nitrogens with zero attached hydrogens (tertiary/aromatic N) is 1. The van der Waals surface area contributed by atoms with Crippen molar-refractivity contribution in [1.29, 1.82) is 0 Å². The van der Waals surface area contributed by atoms with Crippen LogP contribution in [0.1, 0.15) is 27.8 Å².